The predicted octanol–water partition coefficient (Wildman–Crippen LogP) is 2.47. The van der Waals surface area contributed by atoms with Crippen LogP contribution in [0.5, 0.6) is 5.75 Å². The smallest absolute Gasteiger partial charge is 0.119 e. The normalized spacial score (nSPS) is 10.7. The maximum atomic E-state index is 5.71. The van der Waals surface area contributed by atoms with E-state index in [1.54, 1.807) is 7.11 Å². The fourth-order valence-electron chi connectivity index (χ4n) is 1.86. The first-order valence-corrected chi connectivity index (χ1v) is 6.48. The van der Waals surface area contributed by atoms with E-state index in [-0.39, 0.29) is 0 Å². The fraction of sp³-hybridized carbons (Fsp3) is 0.308. The second kappa shape index (κ2) is 5.54. The summed E-state index contributed by atoms with van der Waals surface area (Å²) in [6.07, 6.45) is 1.82. The minimum Gasteiger partial charge on any atom is -0.497 e. The summed E-state index contributed by atoms with van der Waals surface area (Å²) in [5.74, 6) is 1.81. The first kappa shape index (κ1) is 13.1. The van der Waals surface area contributed by atoms with Crippen molar-refractivity contribution in [1.29, 1.82) is 0 Å². The third-order valence-electron chi connectivity index (χ3n) is 2.93. The van der Waals surface area contributed by atoms with Gasteiger partial charge in [0.15, 0.2) is 0 Å². The second-order valence-electron chi connectivity index (χ2n) is 4.04. The Morgan fingerprint density at radius 1 is 1.44 bits per heavy atom. The van der Waals surface area contributed by atoms with Gasteiger partial charge in [0.05, 0.1) is 19.3 Å². The van der Waals surface area contributed by atoms with E-state index in [0.29, 0.717) is 6.54 Å². The highest BCUT2D eigenvalue weighted by atomic mass is 79.9. The average molecular weight is 310 g/mol. The number of imidazole rings is 1. The average Bonchev–Trinajstić information content (AvgIpc) is 2.73. The van der Waals surface area contributed by atoms with Gasteiger partial charge in [-0.25, -0.2) is 4.98 Å². The summed E-state index contributed by atoms with van der Waals surface area (Å²) in [6, 6.07) is 5.94. The number of aromatic nitrogens is 2. The zero-order valence-corrected chi connectivity index (χ0v) is 12.1. The molecule has 0 saturated heterocycles. The van der Waals surface area contributed by atoms with Crippen LogP contribution >= 0.6 is 15.9 Å². The number of rotatable bonds is 4. The molecule has 4 nitrogen and oxygen atoms in total. The second-order valence-corrected chi connectivity index (χ2v) is 4.90. The Morgan fingerprint density at radius 3 is 2.89 bits per heavy atom. The molecule has 0 aliphatic heterocycles. The van der Waals surface area contributed by atoms with Crippen molar-refractivity contribution in [3.8, 4) is 5.75 Å². The quantitative estimate of drug-likeness (QED) is 0.944. The molecule has 0 bridgehead atoms. The molecule has 0 atom stereocenters. The van der Waals surface area contributed by atoms with Crippen molar-refractivity contribution >= 4 is 15.9 Å². The first-order chi connectivity index (χ1) is 8.65. The van der Waals surface area contributed by atoms with Crippen LogP contribution in [-0.4, -0.2) is 16.7 Å². The van der Waals surface area contributed by atoms with E-state index in [1.807, 2.05) is 31.3 Å². The highest BCUT2D eigenvalue weighted by Crippen LogP contribution is 2.24. The number of nitrogens with two attached hydrogens (primary N) is 1. The highest BCUT2D eigenvalue weighted by molar-refractivity contribution is 9.10. The summed E-state index contributed by atoms with van der Waals surface area (Å²) in [4.78, 5) is 4.29. The summed E-state index contributed by atoms with van der Waals surface area (Å²) in [5.41, 5.74) is 7.89. The number of methoxy groups -OCH3 is 1. The van der Waals surface area contributed by atoms with Gasteiger partial charge in [0.2, 0.25) is 0 Å². The standard InChI is InChI=1S/C13H16BrN3O/c1-9-16-7-11(6-15)17(9)8-10-5-12(18-2)3-4-13(10)14/h3-5,7H,6,8,15H2,1-2H3. The largest absolute Gasteiger partial charge is 0.497 e. The van der Waals surface area contributed by atoms with Gasteiger partial charge in [0.25, 0.3) is 0 Å². The Bertz CT molecular complexity index is 551. The number of ether oxygens (including phenoxy) is 1. The van der Waals surface area contributed by atoms with Gasteiger partial charge in [0.1, 0.15) is 11.6 Å². The van der Waals surface area contributed by atoms with Crippen LogP contribution in [0.25, 0.3) is 0 Å². The molecule has 18 heavy (non-hydrogen) atoms. The van der Waals surface area contributed by atoms with Crippen LogP contribution in [-0.2, 0) is 13.1 Å². The van der Waals surface area contributed by atoms with Crippen LogP contribution in [0.2, 0.25) is 0 Å². The number of nitrogens with zero attached hydrogens (tertiary/aromatic N) is 2. The lowest BCUT2D eigenvalue weighted by Crippen LogP contribution is -2.10. The predicted molar refractivity (Wildman–Crippen MR) is 74.7 cm³/mol. The van der Waals surface area contributed by atoms with Gasteiger partial charge < -0.3 is 15.0 Å². The lowest BCUT2D eigenvalue weighted by molar-refractivity contribution is 0.414. The van der Waals surface area contributed by atoms with Gasteiger partial charge in [0, 0.05) is 17.2 Å². The topological polar surface area (TPSA) is 53.1 Å². The first-order valence-electron chi connectivity index (χ1n) is 5.69. The maximum Gasteiger partial charge on any atom is 0.119 e. The van der Waals surface area contributed by atoms with Crippen molar-refractivity contribution in [3.05, 3.63) is 46.0 Å². The van der Waals surface area contributed by atoms with E-state index in [0.717, 1.165) is 33.8 Å². The number of hydrogen-bond acceptors (Lipinski definition) is 3. The Labute approximate surface area is 115 Å². The summed E-state index contributed by atoms with van der Waals surface area (Å²) in [6.45, 7) is 3.20. The molecule has 5 heteroatoms. The Balaban J connectivity index is 2.36. The molecule has 2 aromatic rings. The fourth-order valence-corrected chi connectivity index (χ4v) is 2.24. The molecular weight excluding hydrogens is 294 g/mol. The number of aryl methyl sites for hydroxylation is 1. The number of hydrogen-bond donors (Lipinski definition) is 1. The Hall–Kier alpha value is -1.33. The monoisotopic (exact) mass is 309 g/mol. The number of halogens is 1. The third-order valence-corrected chi connectivity index (χ3v) is 3.70. The SMILES string of the molecule is COc1ccc(Br)c(Cn2c(CN)cnc2C)c1. The van der Waals surface area contributed by atoms with Crippen molar-refractivity contribution in [3.63, 3.8) is 0 Å². The van der Waals surface area contributed by atoms with Crippen LogP contribution in [0.3, 0.4) is 0 Å². The van der Waals surface area contributed by atoms with Crippen LogP contribution in [0.15, 0.2) is 28.9 Å². The molecule has 1 aromatic heterocycles. The van der Waals surface area contributed by atoms with Crippen LogP contribution in [0.4, 0.5) is 0 Å². The maximum absolute atomic E-state index is 5.71. The minimum absolute atomic E-state index is 0.489. The van der Waals surface area contributed by atoms with Gasteiger partial charge in [-0.3, -0.25) is 0 Å². The van der Waals surface area contributed by atoms with Gasteiger partial charge in [-0.2, -0.15) is 0 Å². The van der Waals surface area contributed by atoms with Crippen molar-refractivity contribution in [2.45, 2.75) is 20.0 Å². The van der Waals surface area contributed by atoms with Crippen LogP contribution < -0.4 is 10.5 Å². The lowest BCUT2D eigenvalue weighted by Gasteiger charge is -2.12. The van der Waals surface area contributed by atoms with E-state index in [9.17, 15) is 0 Å². The molecule has 0 radical (unpaired) electrons. The number of benzene rings is 1. The molecule has 0 amide bonds. The molecule has 0 spiro atoms. The van der Waals surface area contributed by atoms with E-state index < -0.39 is 0 Å². The van der Waals surface area contributed by atoms with E-state index in [1.165, 1.54) is 0 Å². The van der Waals surface area contributed by atoms with Gasteiger partial charge >= 0.3 is 0 Å². The summed E-state index contributed by atoms with van der Waals surface area (Å²) in [5, 5.41) is 0. The molecule has 96 valence electrons. The van der Waals surface area contributed by atoms with Crippen LogP contribution in [0, 0.1) is 6.92 Å². The Morgan fingerprint density at radius 2 is 2.22 bits per heavy atom. The zero-order chi connectivity index (χ0) is 13.1. The lowest BCUT2D eigenvalue weighted by atomic mass is 10.2. The molecule has 0 aliphatic rings. The molecule has 0 saturated carbocycles. The molecular formula is C13H16BrN3O. The van der Waals surface area contributed by atoms with Gasteiger partial charge in [-0.15, -0.1) is 0 Å². The molecule has 0 aliphatic carbocycles. The van der Waals surface area contributed by atoms with Crippen molar-refractivity contribution in [2.75, 3.05) is 7.11 Å². The molecule has 2 N–H and O–H groups in total. The summed E-state index contributed by atoms with van der Waals surface area (Å²) < 4.78 is 8.41. The molecule has 1 aromatic carbocycles. The minimum atomic E-state index is 0.489. The van der Waals surface area contributed by atoms with Gasteiger partial charge in [-0.05, 0) is 30.7 Å². The highest BCUT2D eigenvalue weighted by Gasteiger charge is 2.09. The van der Waals surface area contributed by atoms with E-state index in [2.05, 4.69) is 25.5 Å². The van der Waals surface area contributed by atoms with E-state index in [4.69, 9.17) is 10.5 Å². The molecule has 1 heterocycles. The summed E-state index contributed by atoms with van der Waals surface area (Å²) in [7, 11) is 1.67. The van der Waals surface area contributed by atoms with Crippen molar-refractivity contribution in [1.82, 2.24) is 9.55 Å². The summed E-state index contributed by atoms with van der Waals surface area (Å²) >= 11 is 3.56. The van der Waals surface area contributed by atoms with Crippen molar-refractivity contribution in [2.24, 2.45) is 5.73 Å². The zero-order valence-electron chi connectivity index (χ0n) is 10.5. The van der Waals surface area contributed by atoms with Gasteiger partial charge in [-0.1, -0.05) is 15.9 Å². The Kier molecular flexibility index (Phi) is 4.04. The molecule has 0 unspecified atom stereocenters. The molecule has 2 rings (SSSR count). The van der Waals surface area contributed by atoms with Crippen molar-refractivity contribution < 1.29 is 4.74 Å². The third kappa shape index (κ3) is 2.57. The van der Waals surface area contributed by atoms with Crippen LogP contribution in [0.1, 0.15) is 17.1 Å². The molecule has 0 fully saturated rings. The van der Waals surface area contributed by atoms with E-state index >= 15 is 0 Å².